The highest BCUT2D eigenvalue weighted by Crippen LogP contribution is 2.35. The van der Waals surface area contributed by atoms with Crippen LogP contribution in [0.5, 0.6) is 0 Å². The molecule has 0 saturated heterocycles. The Bertz CT molecular complexity index is 607. The second-order valence-corrected chi connectivity index (χ2v) is 6.69. The molecule has 0 atom stereocenters. The molecule has 2 heterocycles. The Labute approximate surface area is 126 Å². The summed E-state index contributed by atoms with van der Waals surface area (Å²) in [5.41, 5.74) is 1.19. The first-order valence-corrected chi connectivity index (χ1v) is 8.45. The summed E-state index contributed by atoms with van der Waals surface area (Å²) in [4.78, 5) is 3.37. The highest BCUT2D eigenvalue weighted by atomic mass is 32.1. The SMILES string of the molecule is CCN(CC)c1nnc(-c2sc(=S)n(CC)c2C)s1. The summed E-state index contributed by atoms with van der Waals surface area (Å²) >= 11 is 8.66. The molecule has 0 radical (unpaired) electrons. The van der Waals surface area contributed by atoms with Crippen LogP contribution in [0.15, 0.2) is 0 Å². The third-order valence-corrected chi connectivity index (χ3v) is 5.79. The van der Waals surface area contributed by atoms with E-state index >= 15 is 0 Å². The van der Waals surface area contributed by atoms with Crippen LogP contribution >= 0.6 is 34.9 Å². The average Bonchev–Trinajstić information content (AvgIpc) is 2.97. The Morgan fingerprint density at radius 2 is 1.84 bits per heavy atom. The second kappa shape index (κ2) is 6.11. The molecule has 4 nitrogen and oxygen atoms in total. The number of thiazole rings is 1. The molecule has 0 spiro atoms. The van der Waals surface area contributed by atoms with E-state index in [4.69, 9.17) is 12.2 Å². The first-order valence-electron chi connectivity index (χ1n) is 6.41. The lowest BCUT2D eigenvalue weighted by atomic mass is 10.4. The number of hydrogen-bond acceptors (Lipinski definition) is 6. The molecular formula is C12H18N4S3. The number of hydrogen-bond donors (Lipinski definition) is 0. The summed E-state index contributed by atoms with van der Waals surface area (Å²) in [6.45, 7) is 11.3. The summed E-state index contributed by atoms with van der Waals surface area (Å²) in [5, 5.41) is 10.6. The highest BCUT2D eigenvalue weighted by Gasteiger charge is 2.16. The van der Waals surface area contributed by atoms with Gasteiger partial charge >= 0.3 is 0 Å². The van der Waals surface area contributed by atoms with Crippen LogP contribution in [0.25, 0.3) is 9.88 Å². The molecule has 7 heteroatoms. The predicted molar refractivity (Wildman–Crippen MR) is 86.0 cm³/mol. The first-order chi connectivity index (χ1) is 9.12. The normalized spacial score (nSPS) is 10.9. The van der Waals surface area contributed by atoms with Gasteiger partial charge in [-0.15, -0.1) is 21.5 Å². The molecule has 0 N–H and O–H groups in total. The molecule has 0 aliphatic carbocycles. The zero-order chi connectivity index (χ0) is 14.0. The summed E-state index contributed by atoms with van der Waals surface area (Å²) in [6, 6.07) is 0. The Morgan fingerprint density at radius 1 is 1.16 bits per heavy atom. The maximum absolute atomic E-state index is 5.39. The van der Waals surface area contributed by atoms with Gasteiger partial charge < -0.3 is 9.47 Å². The molecule has 19 heavy (non-hydrogen) atoms. The lowest BCUT2D eigenvalue weighted by Crippen LogP contribution is -2.21. The van der Waals surface area contributed by atoms with Crippen LogP contribution in [0.2, 0.25) is 0 Å². The van der Waals surface area contributed by atoms with Gasteiger partial charge in [0.05, 0.1) is 4.88 Å². The molecule has 0 fully saturated rings. The van der Waals surface area contributed by atoms with Crippen molar-refractivity contribution in [1.82, 2.24) is 14.8 Å². The van der Waals surface area contributed by atoms with Crippen molar-refractivity contribution >= 4 is 40.0 Å². The fraction of sp³-hybridized carbons (Fsp3) is 0.583. The lowest BCUT2D eigenvalue weighted by molar-refractivity contribution is 0.738. The molecule has 0 unspecified atom stereocenters. The largest absolute Gasteiger partial charge is 0.347 e. The predicted octanol–water partition coefficient (Wildman–Crippen LogP) is 3.97. The minimum absolute atomic E-state index is 0.906. The van der Waals surface area contributed by atoms with E-state index in [-0.39, 0.29) is 0 Å². The molecule has 2 aromatic rings. The Hall–Kier alpha value is -0.790. The molecule has 0 aliphatic heterocycles. The van der Waals surface area contributed by atoms with Crippen molar-refractivity contribution in [1.29, 1.82) is 0 Å². The third kappa shape index (κ3) is 2.73. The zero-order valence-electron chi connectivity index (χ0n) is 11.6. The molecule has 0 aromatic carbocycles. The number of nitrogens with zero attached hydrogens (tertiary/aromatic N) is 4. The molecular weight excluding hydrogens is 296 g/mol. The number of anilines is 1. The van der Waals surface area contributed by atoms with E-state index in [9.17, 15) is 0 Å². The van der Waals surface area contributed by atoms with Crippen molar-refractivity contribution < 1.29 is 0 Å². The molecule has 2 aromatic heterocycles. The van der Waals surface area contributed by atoms with E-state index in [2.05, 4.69) is 47.4 Å². The fourth-order valence-corrected chi connectivity index (χ4v) is 4.64. The van der Waals surface area contributed by atoms with Gasteiger partial charge in [-0.25, -0.2) is 0 Å². The summed E-state index contributed by atoms with van der Waals surface area (Å²) in [5.74, 6) is 0. The smallest absolute Gasteiger partial charge is 0.208 e. The maximum Gasteiger partial charge on any atom is 0.208 e. The van der Waals surface area contributed by atoms with Gasteiger partial charge in [-0.2, -0.15) is 0 Å². The van der Waals surface area contributed by atoms with E-state index in [0.29, 0.717) is 0 Å². The Balaban J connectivity index is 2.41. The van der Waals surface area contributed by atoms with E-state index in [0.717, 1.165) is 38.6 Å². The van der Waals surface area contributed by atoms with Gasteiger partial charge in [0.1, 0.15) is 0 Å². The van der Waals surface area contributed by atoms with E-state index in [1.54, 1.807) is 22.7 Å². The van der Waals surface area contributed by atoms with Crippen LogP contribution in [0, 0.1) is 10.9 Å². The monoisotopic (exact) mass is 314 g/mol. The van der Waals surface area contributed by atoms with Crippen molar-refractivity contribution in [3.8, 4) is 9.88 Å². The maximum atomic E-state index is 5.39. The molecule has 0 amide bonds. The number of aromatic nitrogens is 3. The molecule has 0 saturated carbocycles. The summed E-state index contributed by atoms with van der Waals surface area (Å²) in [7, 11) is 0. The van der Waals surface area contributed by atoms with Crippen molar-refractivity contribution in [2.75, 3.05) is 18.0 Å². The van der Waals surface area contributed by atoms with Gasteiger partial charge in [0.2, 0.25) is 5.13 Å². The van der Waals surface area contributed by atoms with Gasteiger partial charge in [-0.1, -0.05) is 11.3 Å². The summed E-state index contributed by atoms with van der Waals surface area (Å²) in [6.07, 6.45) is 0. The van der Waals surface area contributed by atoms with Crippen LogP contribution in [-0.2, 0) is 6.54 Å². The quantitative estimate of drug-likeness (QED) is 0.782. The lowest BCUT2D eigenvalue weighted by Gasteiger charge is -2.15. The van der Waals surface area contributed by atoms with Gasteiger partial charge in [0.25, 0.3) is 0 Å². The standard InChI is InChI=1S/C12H18N4S3/c1-5-15(6-2)11-14-13-10(19-11)9-8(4)16(7-3)12(17)18-9/h5-7H2,1-4H3. The number of rotatable bonds is 5. The fourth-order valence-electron chi connectivity index (χ4n) is 1.97. The van der Waals surface area contributed by atoms with E-state index in [1.807, 2.05) is 0 Å². The van der Waals surface area contributed by atoms with Crippen molar-refractivity contribution in [2.24, 2.45) is 0 Å². The van der Waals surface area contributed by atoms with E-state index < -0.39 is 0 Å². The first kappa shape index (κ1) is 14.6. The minimum atomic E-state index is 0.906. The Morgan fingerprint density at radius 3 is 2.37 bits per heavy atom. The van der Waals surface area contributed by atoms with Gasteiger partial charge in [0.15, 0.2) is 8.96 Å². The van der Waals surface area contributed by atoms with Crippen molar-refractivity contribution in [3.05, 3.63) is 9.65 Å². The highest BCUT2D eigenvalue weighted by molar-refractivity contribution is 7.73. The molecule has 0 aliphatic rings. The van der Waals surface area contributed by atoms with Crippen LogP contribution in [0.1, 0.15) is 26.5 Å². The van der Waals surface area contributed by atoms with Crippen molar-refractivity contribution in [3.63, 3.8) is 0 Å². The van der Waals surface area contributed by atoms with Crippen LogP contribution in [0.4, 0.5) is 5.13 Å². The molecule has 104 valence electrons. The van der Waals surface area contributed by atoms with E-state index in [1.165, 1.54) is 5.69 Å². The average molecular weight is 315 g/mol. The summed E-state index contributed by atoms with van der Waals surface area (Å²) < 4.78 is 3.06. The van der Waals surface area contributed by atoms with Crippen LogP contribution in [0.3, 0.4) is 0 Å². The van der Waals surface area contributed by atoms with Gasteiger partial charge in [-0.3, -0.25) is 0 Å². The third-order valence-electron chi connectivity index (χ3n) is 3.10. The van der Waals surface area contributed by atoms with Crippen molar-refractivity contribution in [2.45, 2.75) is 34.2 Å². The second-order valence-electron chi connectivity index (χ2n) is 4.09. The Kier molecular flexibility index (Phi) is 4.70. The minimum Gasteiger partial charge on any atom is -0.347 e. The zero-order valence-corrected chi connectivity index (χ0v) is 14.1. The van der Waals surface area contributed by atoms with Gasteiger partial charge in [0, 0.05) is 25.3 Å². The topological polar surface area (TPSA) is 34.0 Å². The molecule has 0 bridgehead atoms. The van der Waals surface area contributed by atoms with Crippen LogP contribution < -0.4 is 4.90 Å². The molecule has 2 rings (SSSR count). The van der Waals surface area contributed by atoms with Gasteiger partial charge in [-0.05, 0) is 39.9 Å². The van der Waals surface area contributed by atoms with Crippen LogP contribution in [-0.4, -0.2) is 27.9 Å².